The molecule has 0 unspecified atom stereocenters. The molecule has 490 valence electrons. The van der Waals surface area contributed by atoms with E-state index in [9.17, 15) is 76.3 Å². The maximum atomic E-state index is 13.8. The van der Waals surface area contributed by atoms with Crippen molar-refractivity contribution in [1.29, 1.82) is 0 Å². The molecule has 2 aromatic carbocycles. The van der Waals surface area contributed by atoms with Gasteiger partial charge in [0.2, 0.25) is 29.5 Å². The second-order valence-corrected chi connectivity index (χ2v) is 26.3. The van der Waals surface area contributed by atoms with E-state index in [2.05, 4.69) is 20.9 Å². The normalized spacial score (nSPS) is 18.8. The van der Waals surface area contributed by atoms with Gasteiger partial charge in [-0.15, -0.1) is 11.8 Å². The molecule has 3 aliphatic heterocycles. The number of aliphatic hydroxyl groups is 1. The van der Waals surface area contributed by atoms with Crippen LogP contribution in [0, 0.1) is 35.0 Å². The molecule has 1 aliphatic carbocycles. The van der Waals surface area contributed by atoms with Crippen LogP contribution in [0.3, 0.4) is 0 Å². The standard InChI is InChI=1S/C30H38N4O10S.C16H26N2O5S.C12H17N3O4S.Na/c1-18(2)15-23(24(27(36)33-40)17-34-29(38)21-7-4-5-8-22(21)30(34)39)26(35)32-25(28(37)31-3)16-19-9-11-20(12-10-19)44-13-6-14-45(41,42)43;1-16(2)8-10(16)13(19)18-12(15(22)23)6-4-3-5-7-24-9-11(17)14(20)21;1-6(16)9-7-4-8(20-3-2-14-5-13)10(12(18)19)15(7)11(9)17;/h4-5,7-12,18,23-25,40H,6,13-17H2,1-3H3,(H,31,37)(H,32,35)(H,33,36)(H,41,42,43);6,10-11H,3-5,7-9,17H2,1-2H3,(H,18,19)(H,20,21)(H,22,23);5-7,9,16H,2-4H2,1H3,(H2,13,14)(H,18,19);/q;;;+1/p-1/b;12-6-;;/t23-,24+,25+;10-,11+;6-,7-,9-;/m111./s1. The molecule has 1 saturated carbocycles. The summed E-state index contributed by atoms with van der Waals surface area (Å²) in [6.07, 6.45) is 5.58. The number of nitrogens with zero attached hydrogens (tertiary/aromatic N) is 3. The van der Waals surface area contributed by atoms with Crippen LogP contribution in [0.25, 0.3) is 0 Å². The average Bonchev–Trinajstić information content (AvgIpc) is 1.93. The third-order valence-corrected chi connectivity index (χ3v) is 17.9. The van der Waals surface area contributed by atoms with Crippen LogP contribution in [0.15, 0.2) is 75.9 Å². The summed E-state index contributed by atoms with van der Waals surface area (Å²) in [6.45, 7) is 9.18. The van der Waals surface area contributed by atoms with Gasteiger partial charge in [0.1, 0.15) is 29.2 Å². The van der Waals surface area contributed by atoms with Crippen molar-refractivity contribution >= 4 is 99.2 Å². The first-order valence-electron chi connectivity index (χ1n) is 28.6. The molecule has 28 nitrogen and oxygen atoms in total. The third-order valence-electron chi connectivity index (χ3n) is 14.8. The van der Waals surface area contributed by atoms with E-state index in [0.717, 1.165) is 29.9 Å². The number of aliphatic carboxylic acids is 3. The van der Waals surface area contributed by atoms with Crippen molar-refractivity contribution in [3.05, 3.63) is 87.6 Å². The number of carboxylic acids is 3. The van der Waals surface area contributed by atoms with Crippen LogP contribution >= 0.6 is 23.5 Å². The van der Waals surface area contributed by atoms with Gasteiger partial charge in [-0.2, -0.15) is 11.8 Å². The van der Waals surface area contributed by atoms with Crippen molar-refractivity contribution < 1.29 is 121 Å². The van der Waals surface area contributed by atoms with Gasteiger partial charge in [0.15, 0.2) is 0 Å². The first-order chi connectivity index (χ1) is 41.9. The number of rotatable bonds is 33. The summed E-state index contributed by atoms with van der Waals surface area (Å²) in [6, 6.07) is 10.5. The molecule has 0 bridgehead atoms. The van der Waals surface area contributed by atoms with Gasteiger partial charge < -0.3 is 62.0 Å². The number of allylic oxidation sites excluding steroid dienone is 1. The Labute approximate surface area is 552 Å². The molecular weight excluding hydrogens is 1250 g/mol. The molecule has 0 aromatic heterocycles. The number of aliphatic hydroxyl groups excluding tert-OH is 1. The van der Waals surface area contributed by atoms with E-state index < -0.39 is 106 Å². The summed E-state index contributed by atoms with van der Waals surface area (Å²) in [5.74, 6) is -8.82. The number of nitrogens with two attached hydrogens (primary N) is 2. The first kappa shape index (κ1) is 77.8. The largest absolute Gasteiger partial charge is 1.00 e. The molecule has 8 atom stereocenters. The number of carbonyl (C=O) groups is 10. The number of β-lactam (4-membered cyclic amide) rings is 1. The van der Waals surface area contributed by atoms with E-state index in [-0.39, 0.29) is 113 Å². The number of hydrogen-bond donors (Lipinski definition) is 11. The molecule has 0 spiro atoms. The monoisotopic (exact) mass is 1330 g/mol. The minimum atomic E-state index is -4.34. The Morgan fingerprint density at radius 2 is 1.53 bits per heavy atom. The van der Waals surface area contributed by atoms with Crippen molar-refractivity contribution in [2.45, 2.75) is 110 Å². The van der Waals surface area contributed by atoms with Crippen molar-refractivity contribution in [2.24, 2.45) is 51.5 Å². The first-order valence-corrected chi connectivity index (χ1v) is 32.3. The van der Waals surface area contributed by atoms with Gasteiger partial charge in [0.25, 0.3) is 11.8 Å². The molecule has 3 heterocycles. The van der Waals surface area contributed by atoms with Crippen molar-refractivity contribution in [2.75, 3.05) is 49.8 Å². The summed E-state index contributed by atoms with van der Waals surface area (Å²) >= 11 is 2.84. The molecule has 2 fully saturated rings. The summed E-state index contributed by atoms with van der Waals surface area (Å²) in [5.41, 5.74) is 13.0. The predicted molar refractivity (Wildman–Crippen MR) is 327 cm³/mol. The summed E-state index contributed by atoms with van der Waals surface area (Å²) < 4.78 is 37.7. The Hall–Kier alpha value is -6.42. The van der Waals surface area contributed by atoms with Gasteiger partial charge in [-0.05, 0) is 92.4 Å². The molecule has 32 heteroatoms. The zero-order valence-corrected chi connectivity index (χ0v) is 55.7. The predicted octanol–water partition coefficient (Wildman–Crippen LogP) is -1.10. The second-order valence-electron chi connectivity index (χ2n) is 22.5. The van der Waals surface area contributed by atoms with E-state index in [4.69, 9.17) is 26.4 Å². The Balaban J connectivity index is 0.000000393. The number of carboxylic acid groups (broad SMARTS) is 3. The maximum Gasteiger partial charge on any atom is 1.00 e. The molecule has 1 saturated heterocycles. The van der Waals surface area contributed by atoms with Crippen LogP contribution in [0.2, 0.25) is 0 Å². The average molecular weight is 1330 g/mol. The number of imide groups is 1. The fourth-order valence-electron chi connectivity index (χ4n) is 9.94. The number of benzene rings is 2. The topological polar surface area (TPSA) is 457 Å². The number of amides is 7. The number of thioether (sulfide) groups is 2. The zero-order chi connectivity index (χ0) is 66.5. The molecular formula is C58H80N9NaO19S3. The number of hydrogen-bond acceptors (Lipinski definition) is 20. The van der Waals surface area contributed by atoms with Gasteiger partial charge in [0.05, 0.1) is 70.6 Å². The number of carbonyl (C=O) groups excluding carboxylic acids is 7. The Morgan fingerprint density at radius 1 is 0.911 bits per heavy atom. The molecule has 4 aliphatic rings. The minimum Gasteiger partial charge on any atom is -0.748 e. The zero-order valence-electron chi connectivity index (χ0n) is 51.2. The SMILES string of the molecule is CC1(C)C[C@@H]1C(=O)N/C(=C\CCCCSC[C@H](N)C(=O)O)C(=O)O.CNC(=O)[C@H](Cc1ccc(OCCCS(=O)(=O)[O-])cc1)NC(=O)[C@H](CC(C)C)[C@H](CN1C(=O)c2ccccc2C1=O)C(=O)NO.C[C@@H](O)[C@H]1C(=O)N2C(C(=O)O)=C(SCCN=CN)C[C@H]12.[Na+]. The summed E-state index contributed by atoms with van der Waals surface area (Å²) in [5, 5.41) is 53.9. The molecule has 13 N–H and O–H groups in total. The maximum absolute atomic E-state index is 13.8. The van der Waals surface area contributed by atoms with Gasteiger partial charge in [-0.3, -0.25) is 53.5 Å². The number of unbranched alkanes of at least 4 members (excludes halogenated alkanes) is 2. The number of likely N-dealkylation sites (N-methyl/N-ethyl adjacent to an activating group) is 1. The summed E-state index contributed by atoms with van der Waals surface area (Å²) in [7, 11) is -2.94. The number of ether oxygens (including phenoxy) is 1. The van der Waals surface area contributed by atoms with Gasteiger partial charge in [-0.1, -0.05) is 58.0 Å². The Kier molecular flexibility index (Phi) is 31.6. The second kappa shape index (κ2) is 36.6. The van der Waals surface area contributed by atoms with E-state index >= 15 is 0 Å². The Bertz CT molecular complexity index is 3080. The van der Waals surface area contributed by atoms with Crippen LogP contribution in [0.5, 0.6) is 5.75 Å². The minimum absolute atomic E-state index is 0. The van der Waals surface area contributed by atoms with Gasteiger partial charge in [-0.25, -0.2) is 23.5 Å². The van der Waals surface area contributed by atoms with E-state index in [1.807, 2.05) is 27.7 Å². The van der Waals surface area contributed by atoms with Crippen molar-refractivity contribution in [3.8, 4) is 5.75 Å². The number of aliphatic imine (C=N–C) groups is 1. The third kappa shape index (κ3) is 23.1. The molecule has 7 amide bonds. The molecule has 2 aromatic rings. The van der Waals surface area contributed by atoms with Crippen LogP contribution in [0.1, 0.15) is 106 Å². The van der Waals surface area contributed by atoms with E-state index in [1.165, 1.54) is 60.0 Å². The van der Waals surface area contributed by atoms with Crippen LogP contribution in [0.4, 0.5) is 0 Å². The fraction of sp³-hybridized carbons (Fsp3) is 0.534. The molecule has 6 rings (SSSR count). The molecule has 90 heavy (non-hydrogen) atoms. The number of hydroxylamine groups is 1. The van der Waals surface area contributed by atoms with Gasteiger partial charge >= 0.3 is 47.5 Å². The Morgan fingerprint density at radius 3 is 2.04 bits per heavy atom. The van der Waals surface area contributed by atoms with Gasteiger partial charge in [0, 0.05) is 54.5 Å². The van der Waals surface area contributed by atoms with Crippen LogP contribution in [-0.4, -0.2) is 188 Å². The smallest absolute Gasteiger partial charge is 0.748 e. The van der Waals surface area contributed by atoms with E-state index in [1.54, 1.807) is 48.8 Å². The van der Waals surface area contributed by atoms with Crippen molar-refractivity contribution in [1.82, 2.24) is 31.2 Å². The quantitative estimate of drug-likeness (QED) is 0.00386. The number of fused-ring (bicyclic) bond motifs is 2. The number of nitrogens with one attached hydrogen (secondary N) is 4. The summed E-state index contributed by atoms with van der Waals surface area (Å²) in [4.78, 5) is 129. The van der Waals surface area contributed by atoms with Crippen LogP contribution in [-0.2, 0) is 54.9 Å². The molecule has 0 radical (unpaired) electrons. The van der Waals surface area contributed by atoms with E-state index in [0.29, 0.717) is 47.1 Å². The van der Waals surface area contributed by atoms with Crippen LogP contribution < -0.4 is 67.2 Å². The fourth-order valence-corrected chi connectivity index (χ4v) is 12.4. The van der Waals surface area contributed by atoms with Crippen molar-refractivity contribution in [3.63, 3.8) is 0 Å².